The van der Waals surface area contributed by atoms with Crippen LogP contribution in [0.3, 0.4) is 0 Å². The number of carbonyl (C=O) groups is 1. The first-order valence-electron chi connectivity index (χ1n) is 7.07. The first-order chi connectivity index (χ1) is 9.85. The molecular formula is C15H17F3N2O. The van der Waals surface area contributed by atoms with Gasteiger partial charge in [0.05, 0.1) is 5.69 Å². The summed E-state index contributed by atoms with van der Waals surface area (Å²) in [5.41, 5.74) is -1.80. The fourth-order valence-corrected chi connectivity index (χ4v) is 2.96. The number of alkyl halides is 3. The number of fused-ring (bicyclic) bond motifs is 1. The maximum atomic E-state index is 13.8. The fraction of sp³-hybridized carbons (Fsp3) is 0.533. The van der Waals surface area contributed by atoms with E-state index in [1.165, 1.54) is 18.0 Å². The Kier molecular flexibility index (Phi) is 3.15. The van der Waals surface area contributed by atoms with Crippen LogP contribution in [0.4, 0.5) is 23.7 Å². The van der Waals surface area contributed by atoms with Crippen LogP contribution in [0.5, 0.6) is 0 Å². The first kappa shape index (κ1) is 14.2. The van der Waals surface area contributed by atoms with Crippen LogP contribution >= 0.6 is 0 Å². The number of amides is 2. The Balaban J connectivity index is 2.09. The van der Waals surface area contributed by atoms with Crippen LogP contribution < -0.4 is 10.2 Å². The molecule has 2 aliphatic rings. The number of hydrogen-bond donors (Lipinski definition) is 1. The molecule has 1 heterocycles. The van der Waals surface area contributed by atoms with Gasteiger partial charge in [-0.25, -0.2) is 4.79 Å². The van der Waals surface area contributed by atoms with Crippen LogP contribution in [-0.4, -0.2) is 19.3 Å². The molecule has 0 bridgehead atoms. The van der Waals surface area contributed by atoms with Gasteiger partial charge >= 0.3 is 12.2 Å². The third-order valence-electron chi connectivity index (χ3n) is 4.46. The fourth-order valence-electron chi connectivity index (χ4n) is 2.96. The highest BCUT2D eigenvalue weighted by Crippen LogP contribution is 2.49. The van der Waals surface area contributed by atoms with Gasteiger partial charge in [0, 0.05) is 12.6 Å². The maximum absolute atomic E-state index is 13.8. The van der Waals surface area contributed by atoms with Gasteiger partial charge < -0.3 is 5.32 Å². The number of halogens is 3. The summed E-state index contributed by atoms with van der Waals surface area (Å²) >= 11 is 0. The lowest BCUT2D eigenvalue weighted by Gasteiger charge is -2.44. The molecule has 0 aromatic heterocycles. The quantitative estimate of drug-likeness (QED) is 0.904. The SMILES string of the molecule is CN1C(=O)N[C@](CCC2CC2)(C(F)(F)F)c2ccccc21. The molecule has 0 saturated heterocycles. The van der Waals surface area contributed by atoms with E-state index in [-0.39, 0.29) is 12.0 Å². The number of anilines is 1. The van der Waals surface area contributed by atoms with Crippen molar-refractivity contribution in [3.63, 3.8) is 0 Å². The monoisotopic (exact) mass is 298 g/mol. The van der Waals surface area contributed by atoms with Crippen molar-refractivity contribution in [2.75, 3.05) is 11.9 Å². The second kappa shape index (κ2) is 4.64. The molecule has 3 rings (SSSR count). The van der Waals surface area contributed by atoms with E-state index in [0.717, 1.165) is 12.8 Å². The van der Waals surface area contributed by atoms with Crippen molar-refractivity contribution in [3.8, 4) is 0 Å². The van der Waals surface area contributed by atoms with E-state index in [9.17, 15) is 18.0 Å². The molecule has 1 saturated carbocycles. The summed E-state index contributed by atoms with van der Waals surface area (Å²) in [5, 5.41) is 2.22. The van der Waals surface area contributed by atoms with Crippen molar-refractivity contribution in [2.45, 2.75) is 37.4 Å². The minimum Gasteiger partial charge on any atom is -0.319 e. The van der Waals surface area contributed by atoms with Crippen LogP contribution in [-0.2, 0) is 5.54 Å². The van der Waals surface area contributed by atoms with Crippen LogP contribution in [0.15, 0.2) is 24.3 Å². The number of nitrogens with zero attached hydrogens (tertiary/aromatic N) is 1. The predicted molar refractivity (Wildman–Crippen MR) is 73.1 cm³/mol. The Morgan fingerprint density at radius 2 is 2.00 bits per heavy atom. The van der Waals surface area contributed by atoms with Crippen LogP contribution in [0, 0.1) is 5.92 Å². The summed E-state index contributed by atoms with van der Waals surface area (Å²) in [6.45, 7) is 0. The van der Waals surface area contributed by atoms with Gasteiger partial charge in [-0.15, -0.1) is 0 Å². The average molecular weight is 298 g/mol. The second-order valence-electron chi connectivity index (χ2n) is 5.89. The van der Waals surface area contributed by atoms with Gasteiger partial charge in [0.15, 0.2) is 5.54 Å². The van der Waals surface area contributed by atoms with Gasteiger partial charge in [-0.2, -0.15) is 13.2 Å². The maximum Gasteiger partial charge on any atom is 0.415 e. The summed E-state index contributed by atoms with van der Waals surface area (Å²) in [7, 11) is 1.48. The van der Waals surface area contributed by atoms with Crippen molar-refractivity contribution in [1.29, 1.82) is 0 Å². The highest BCUT2D eigenvalue weighted by Gasteiger charge is 2.60. The minimum atomic E-state index is -4.52. The zero-order valence-corrected chi connectivity index (χ0v) is 11.7. The van der Waals surface area contributed by atoms with Crippen molar-refractivity contribution in [1.82, 2.24) is 5.32 Å². The van der Waals surface area contributed by atoms with Gasteiger partial charge in [0.2, 0.25) is 0 Å². The Morgan fingerprint density at radius 3 is 2.62 bits per heavy atom. The summed E-state index contributed by atoms with van der Waals surface area (Å²) in [4.78, 5) is 13.2. The van der Waals surface area contributed by atoms with E-state index in [1.807, 2.05) is 0 Å². The van der Waals surface area contributed by atoms with Gasteiger partial charge in [-0.3, -0.25) is 4.90 Å². The zero-order valence-electron chi connectivity index (χ0n) is 11.7. The van der Waals surface area contributed by atoms with Crippen LogP contribution in [0.25, 0.3) is 0 Å². The molecule has 2 amide bonds. The summed E-state index contributed by atoms with van der Waals surface area (Å²) in [5.74, 6) is 0.368. The number of rotatable bonds is 3. The number of para-hydroxylation sites is 1. The molecule has 0 unspecified atom stereocenters. The third-order valence-corrected chi connectivity index (χ3v) is 4.46. The molecule has 0 spiro atoms. The number of benzene rings is 1. The van der Waals surface area contributed by atoms with Crippen LogP contribution in [0.1, 0.15) is 31.2 Å². The highest BCUT2D eigenvalue weighted by molar-refractivity contribution is 5.95. The number of carbonyl (C=O) groups excluding carboxylic acids is 1. The largest absolute Gasteiger partial charge is 0.415 e. The number of hydrogen-bond acceptors (Lipinski definition) is 1. The molecule has 1 fully saturated rings. The van der Waals surface area contributed by atoms with E-state index in [0.29, 0.717) is 18.0 Å². The van der Waals surface area contributed by atoms with Crippen LogP contribution in [0.2, 0.25) is 0 Å². The highest BCUT2D eigenvalue weighted by atomic mass is 19.4. The van der Waals surface area contributed by atoms with Gasteiger partial charge in [-0.05, 0) is 24.8 Å². The molecule has 1 aromatic rings. The van der Waals surface area contributed by atoms with Gasteiger partial charge in [0.1, 0.15) is 0 Å². The molecule has 3 nitrogen and oxygen atoms in total. The molecule has 1 aliphatic heterocycles. The van der Waals surface area contributed by atoms with Crippen molar-refractivity contribution < 1.29 is 18.0 Å². The Morgan fingerprint density at radius 1 is 1.33 bits per heavy atom. The molecule has 0 radical (unpaired) electrons. The molecule has 1 aliphatic carbocycles. The number of nitrogens with one attached hydrogen (secondary N) is 1. The Hall–Kier alpha value is -1.72. The van der Waals surface area contributed by atoms with Crippen molar-refractivity contribution >= 4 is 11.7 Å². The summed E-state index contributed by atoms with van der Waals surface area (Å²) in [6.07, 6.45) is -2.16. The Labute approximate surface area is 121 Å². The van der Waals surface area contributed by atoms with E-state index in [4.69, 9.17) is 0 Å². The second-order valence-corrected chi connectivity index (χ2v) is 5.89. The first-order valence-corrected chi connectivity index (χ1v) is 7.07. The van der Waals surface area contributed by atoms with E-state index in [1.54, 1.807) is 18.2 Å². The molecule has 1 N–H and O–H groups in total. The zero-order chi connectivity index (χ0) is 15.3. The predicted octanol–water partition coefficient (Wildman–Crippen LogP) is 3.79. The van der Waals surface area contributed by atoms with Crippen molar-refractivity contribution in [2.24, 2.45) is 5.92 Å². The normalized spacial score (nSPS) is 25.5. The molecule has 1 aromatic carbocycles. The lowest BCUT2D eigenvalue weighted by atomic mass is 9.81. The topological polar surface area (TPSA) is 32.3 Å². The lowest BCUT2D eigenvalue weighted by Crippen LogP contribution is -2.62. The van der Waals surface area contributed by atoms with Crippen molar-refractivity contribution in [3.05, 3.63) is 29.8 Å². The van der Waals surface area contributed by atoms with E-state index >= 15 is 0 Å². The minimum absolute atomic E-state index is 0.0994. The number of urea groups is 1. The molecule has 1 atom stereocenters. The molecule has 21 heavy (non-hydrogen) atoms. The Bertz CT molecular complexity index is 568. The average Bonchev–Trinajstić information content (AvgIpc) is 3.24. The van der Waals surface area contributed by atoms with E-state index in [2.05, 4.69) is 5.32 Å². The standard InChI is InChI=1S/C15H17F3N2O/c1-20-12-5-3-2-4-11(12)14(15(16,17)18,19-13(20)21)9-8-10-6-7-10/h2-5,10H,6-9H2,1H3,(H,19,21)/t14-/m0/s1. The van der Waals surface area contributed by atoms with Gasteiger partial charge in [0.25, 0.3) is 0 Å². The van der Waals surface area contributed by atoms with Gasteiger partial charge in [-0.1, -0.05) is 31.0 Å². The summed E-state index contributed by atoms with van der Waals surface area (Å²) in [6, 6.07) is 5.55. The molecule has 114 valence electrons. The molecular weight excluding hydrogens is 281 g/mol. The summed E-state index contributed by atoms with van der Waals surface area (Å²) < 4.78 is 41.4. The smallest absolute Gasteiger partial charge is 0.319 e. The van der Waals surface area contributed by atoms with E-state index < -0.39 is 17.7 Å². The lowest BCUT2D eigenvalue weighted by molar-refractivity contribution is -0.200. The molecule has 6 heteroatoms. The third kappa shape index (κ3) is 2.26.